The lowest BCUT2D eigenvalue weighted by Crippen LogP contribution is -2.20. The van der Waals surface area contributed by atoms with Crippen molar-refractivity contribution in [2.24, 2.45) is 0 Å². The molecular formula is C14H22BrNOS. The minimum Gasteiger partial charge on any atom is -0.496 e. The van der Waals surface area contributed by atoms with E-state index in [2.05, 4.69) is 54.6 Å². The first kappa shape index (κ1) is 15.9. The van der Waals surface area contributed by atoms with E-state index in [0.29, 0.717) is 0 Å². The molecule has 0 aromatic heterocycles. The summed E-state index contributed by atoms with van der Waals surface area (Å²) < 4.78 is 6.79. The van der Waals surface area contributed by atoms with Crippen molar-refractivity contribution >= 4 is 28.6 Å². The molecule has 1 aromatic rings. The smallest absolute Gasteiger partial charge is 0.125 e. The Morgan fingerprint density at radius 1 is 1.11 bits per heavy atom. The molecule has 0 unspecified atom stereocenters. The molecule has 0 fully saturated rings. The number of hydrogen-bond acceptors (Lipinski definition) is 3. The van der Waals surface area contributed by atoms with Gasteiger partial charge in [0.05, 0.1) is 7.11 Å². The van der Waals surface area contributed by atoms with Crippen LogP contribution in [0, 0.1) is 20.8 Å². The average molecular weight is 332 g/mol. The Balaban J connectivity index is 3.01. The first-order valence-corrected chi connectivity index (χ1v) is 7.60. The van der Waals surface area contributed by atoms with Gasteiger partial charge in [0.1, 0.15) is 5.75 Å². The van der Waals surface area contributed by atoms with Gasteiger partial charge in [-0.15, -0.1) is 0 Å². The maximum absolute atomic E-state index is 5.59. The molecule has 2 nitrogen and oxygen atoms in total. The molecule has 1 N–H and O–H groups in total. The van der Waals surface area contributed by atoms with Crippen molar-refractivity contribution in [3.63, 3.8) is 0 Å². The van der Waals surface area contributed by atoms with Crippen LogP contribution in [0.25, 0.3) is 0 Å². The van der Waals surface area contributed by atoms with Gasteiger partial charge in [-0.25, -0.2) is 0 Å². The molecule has 0 amide bonds. The van der Waals surface area contributed by atoms with Crippen molar-refractivity contribution in [3.05, 3.63) is 26.7 Å². The van der Waals surface area contributed by atoms with Crippen LogP contribution >= 0.6 is 28.6 Å². The number of rotatable bonds is 6. The topological polar surface area (TPSA) is 21.3 Å². The Labute approximate surface area is 124 Å². The van der Waals surface area contributed by atoms with Crippen molar-refractivity contribution in [1.29, 1.82) is 0 Å². The Morgan fingerprint density at radius 3 is 2.33 bits per heavy atom. The second kappa shape index (κ2) is 7.41. The van der Waals surface area contributed by atoms with E-state index < -0.39 is 0 Å². The van der Waals surface area contributed by atoms with Crippen molar-refractivity contribution in [1.82, 2.24) is 5.32 Å². The average Bonchev–Trinajstić information content (AvgIpc) is 2.38. The fourth-order valence-electron chi connectivity index (χ4n) is 2.14. The first-order chi connectivity index (χ1) is 8.54. The molecule has 0 heterocycles. The molecule has 0 atom stereocenters. The number of methoxy groups -OCH3 is 1. The summed E-state index contributed by atoms with van der Waals surface area (Å²) in [5, 5.41) is 3.37. The van der Waals surface area contributed by atoms with Gasteiger partial charge in [0.25, 0.3) is 0 Å². The molecule has 0 saturated carbocycles. The number of ether oxygens (including phenoxy) is 1. The SMILES string of the molecule is COc1c(C)c(C)c(Br)c(C)c1CCNCCS. The normalized spacial score (nSPS) is 10.8. The fourth-order valence-corrected chi connectivity index (χ4v) is 2.83. The van der Waals surface area contributed by atoms with Crippen molar-refractivity contribution < 1.29 is 4.74 Å². The van der Waals surface area contributed by atoms with Crippen LogP contribution in [0.5, 0.6) is 5.75 Å². The fraction of sp³-hybridized carbons (Fsp3) is 0.571. The summed E-state index contributed by atoms with van der Waals surface area (Å²) >= 11 is 7.87. The van der Waals surface area contributed by atoms with Gasteiger partial charge in [-0.2, -0.15) is 12.6 Å². The summed E-state index contributed by atoms with van der Waals surface area (Å²) in [4.78, 5) is 0. The molecule has 0 spiro atoms. The van der Waals surface area contributed by atoms with Gasteiger partial charge >= 0.3 is 0 Å². The zero-order chi connectivity index (χ0) is 13.7. The minimum absolute atomic E-state index is 0.868. The zero-order valence-electron chi connectivity index (χ0n) is 11.6. The summed E-state index contributed by atoms with van der Waals surface area (Å²) in [5.74, 6) is 1.90. The molecule has 102 valence electrons. The maximum Gasteiger partial charge on any atom is 0.125 e. The van der Waals surface area contributed by atoms with Crippen molar-refractivity contribution in [2.75, 3.05) is 26.0 Å². The van der Waals surface area contributed by atoms with E-state index in [-0.39, 0.29) is 0 Å². The van der Waals surface area contributed by atoms with Gasteiger partial charge in [0, 0.05) is 16.8 Å². The van der Waals surface area contributed by atoms with E-state index in [4.69, 9.17) is 4.74 Å². The van der Waals surface area contributed by atoms with Crippen LogP contribution in [0.1, 0.15) is 22.3 Å². The highest BCUT2D eigenvalue weighted by Crippen LogP contribution is 2.36. The number of halogens is 1. The third kappa shape index (κ3) is 3.43. The van der Waals surface area contributed by atoms with E-state index in [1.807, 2.05) is 0 Å². The van der Waals surface area contributed by atoms with E-state index in [9.17, 15) is 0 Å². The number of benzene rings is 1. The summed E-state index contributed by atoms with van der Waals surface area (Å²) in [6.45, 7) is 8.27. The standard InChI is InChI=1S/C14H22BrNOS/c1-9-10(2)14(17-4)12(11(3)13(9)15)5-6-16-7-8-18/h16,18H,5-8H2,1-4H3. The van der Waals surface area contributed by atoms with Gasteiger partial charge in [-0.05, 0) is 56.0 Å². The Morgan fingerprint density at radius 2 is 1.78 bits per heavy atom. The largest absolute Gasteiger partial charge is 0.496 e. The second-order valence-electron chi connectivity index (χ2n) is 4.42. The molecule has 0 aliphatic carbocycles. The predicted molar refractivity (Wildman–Crippen MR) is 85.3 cm³/mol. The molecule has 4 heteroatoms. The van der Waals surface area contributed by atoms with Gasteiger partial charge < -0.3 is 10.1 Å². The van der Waals surface area contributed by atoms with Crippen molar-refractivity contribution in [2.45, 2.75) is 27.2 Å². The van der Waals surface area contributed by atoms with Crippen LogP contribution < -0.4 is 10.1 Å². The molecule has 1 rings (SSSR count). The van der Waals surface area contributed by atoms with Gasteiger partial charge in [0.15, 0.2) is 0 Å². The summed E-state index contributed by atoms with van der Waals surface area (Å²) in [6.07, 6.45) is 0.975. The Hall–Kier alpha value is -0.190. The van der Waals surface area contributed by atoms with Gasteiger partial charge in [-0.3, -0.25) is 0 Å². The summed E-state index contributed by atoms with van der Waals surface area (Å²) in [6, 6.07) is 0. The van der Waals surface area contributed by atoms with Crippen LogP contribution in [0.4, 0.5) is 0 Å². The van der Waals surface area contributed by atoms with Crippen LogP contribution in [-0.2, 0) is 6.42 Å². The van der Waals surface area contributed by atoms with E-state index in [1.54, 1.807) is 7.11 Å². The summed E-state index contributed by atoms with van der Waals surface area (Å²) in [5.41, 5.74) is 5.05. The molecule has 0 radical (unpaired) electrons. The summed E-state index contributed by atoms with van der Waals surface area (Å²) in [7, 11) is 1.75. The van der Waals surface area contributed by atoms with Gasteiger partial charge in [0.2, 0.25) is 0 Å². The minimum atomic E-state index is 0.868. The Kier molecular flexibility index (Phi) is 6.53. The molecule has 0 aliphatic heterocycles. The first-order valence-electron chi connectivity index (χ1n) is 6.18. The van der Waals surface area contributed by atoms with Gasteiger partial charge in [-0.1, -0.05) is 15.9 Å². The van der Waals surface area contributed by atoms with E-state index >= 15 is 0 Å². The monoisotopic (exact) mass is 331 g/mol. The quantitative estimate of drug-likeness (QED) is 0.615. The highest BCUT2D eigenvalue weighted by atomic mass is 79.9. The van der Waals surface area contributed by atoms with Crippen LogP contribution in [0.2, 0.25) is 0 Å². The lowest BCUT2D eigenvalue weighted by Gasteiger charge is -2.19. The van der Waals surface area contributed by atoms with Crippen LogP contribution in [0.15, 0.2) is 4.47 Å². The molecule has 0 bridgehead atoms. The Bertz CT molecular complexity index is 421. The molecule has 1 aromatic carbocycles. The third-order valence-electron chi connectivity index (χ3n) is 3.33. The number of thiol groups is 1. The maximum atomic E-state index is 5.59. The zero-order valence-corrected chi connectivity index (χ0v) is 14.0. The second-order valence-corrected chi connectivity index (χ2v) is 5.66. The van der Waals surface area contributed by atoms with E-state index in [1.165, 1.54) is 26.7 Å². The number of nitrogens with one attached hydrogen (secondary N) is 1. The van der Waals surface area contributed by atoms with Crippen LogP contribution in [-0.4, -0.2) is 26.0 Å². The predicted octanol–water partition coefficient (Wildman–Crippen LogP) is 3.44. The van der Waals surface area contributed by atoms with Crippen molar-refractivity contribution in [3.8, 4) is 5.75 Å². The highest BCUT2D eigenvalue weighted by Gasteiger charge is 2.16. The molecular weight excluding hydrogens is 310 g/mol. The van der Waals surface area contributed by atoms with Crippen LogP contribution in [0.3, 0.4) is 0 Å². The number of hydrogen-bond donors (Lipinski definition) is 2. The molecule has 0 saturated heterocycles. The lowest BCUT2D eigenvalue weighted by molar-refractivity contribution is 0.405. The third-order valence-corrected chi connectivity index (χ3v) is 4.75. The molecule has 0 aliphatic rings. The lowest BCUT2D eigenvalue weighted by atomic mass is 9.97. The highest BCUT2D eigenvalue weighted by molar-refractivity contribution is 9.10. The molecule has 18 heavy (non-hydrogen) atoms. The van der Waals surface area contributed by atoms with E-state index in [0.717, 1.165) is 31.0 Å².